The molecule has 0 radical (unpaired) electrons. The van der Waals surface area contributed by atoms with Crippen LogP contribution in [-0.2, 0) is 6.54 Å². The van der Waals surface area contributed by atoms with Gasteiger partial charge in [0, 0.05) is 12.6 Å². The molecule has 3 N–H and O–H groups in total. The van der Waals surface area contributed by atoms with Gasteiger partial charge in [-0.3, -0.25) is 5.10 Å². The number of hydrogen-bond donors (Lipinski definition) is 3. The number of aromatic nitrogens is 2. The molecule has 0 aliphatic heterocycles. The zero-order valence-electron chi connectivity index (χ0n) is 9.71. The van der Waals surface area contributed by atoms with E-state index in [4.69, 9.17) is 0 Å². The van der Waals surface area contributed by atoms with Gasteiger partial charge in [0.05, 0.1) is 17.1 Å². The summed E-state index contributed by atoms with van der Waals surface area (Å²) in [4.78, 5) is 0. The van der Waals surface area contributed by atoms with Gasteiger partial charge in [0.15, 0.2) is 0 Å². The molecule has 0 saturated carbocycles. The normalized spacial score (nSPS) is 10.5. The summed E-state index contributed by atoms with van der Waals surface area (Å²) in [6.45, 7) is 4.23. The fraction of sp³-hybridized carbons (Fsp3) is 0.250. The Balaban J connectivity index is 2.12. The predicted molar refractivity (Wildman–Crippen MR) is 63.5 cm³/mol. The first-order valence-electron chi connectivity index (χ1n) is 5.30. The van der Waals surface area contributed by atoms with E-state index < -0.39 is 5.82 Å². The maximum atomic E-state index is 13.0. The van der Waals surface area contributed by atoms with Crippen molar-refractivity contribution in [3.63, 3.8) is 0 Å². The van der Waals surface area contributed by atoms with Crippen molar-refractivity contribution in [2.75, 3.05) is 5.32 Å². The molecule has 1 aromatic heterocycles. The molecule has 0 spiro atoms. The van der Waals surface area contributed by atoms with Crippen LogP contribution in [0.25, 0.3) is 0 Å². The average molecular weight is 235 g/mol. The first-order chi connectivity index (χ1) is 8.06. The molecule has 0 amide bonds. The molecule has 2 aromatic rings. The van der Waals surface area contributed by atoms with Crippen molar-refractivity contribution in [2.45, 2.75) is 20.4 Å². The molecule has 0 atom stereocenters. The Morgan fingerprint density at radius 2 is 2.12 bits per heavy atom. The van der Waals surface area contributed by atoms with Crippen molar-refractivity contribution >= 4 is 5.69 Å². The van der Waals surface area contributed by atoms with E-state index in [1.807, 2.05) is 13.8 Å². The van der Waals surface area contributed by atoms with Crippen LogP contribution < -0.4 is 5.32 Å². The summed E-state index contributed by atoms with van der Waals surface area (Å²) in [6.07, 6.45) is 0. The van der Waals surface area contributed by atoms with E-state index in [0.29, 0.717) is 12.1 Å². The largest absolute Gasteiger partial charge is 0.508 e. The lowest BCUT2D eigenvalue weighted by molar-refractivity contribution is 0.468. The Morgan fingerprint density at radius 1 is 1.35 bits per heavy atom. The molecule has 90 valence electrons. The average Bonchev–Trinajstić information content (AvgIpc) is 2.55. The highest BCUT2D eigenvalue weighted by molar-refractivity contribution is 5.51. The van der Waals surface area contributed by atoms with E-state index in [-0.39, 0.29) is 5.75 Å². The van der Waals surface area contributed by atoms with Gasteiger partial charge < -0.3 is 10.4 Å². The van der Waals surface area contributed by atoms with E-state index >= 15 is 0 Å². The third kappa shape index (κ3) is 2.55. The minimum atomic E-state index is -0.442. The predicted octanol–water partition coefficient (Wildman–Crippen LogP) is 2.48. The lowest BCUT2D eigenvalue weighted by atomic mass is 10.2. The second-order valence-electron chi connectivity index (χ2n) is 3.98. The van der Waals surface area contributed by atoms with Crippen LogP contribution in [0.3, 0.4) is 0 Å². The van der Waals surface area contributed by atoms with Crippen LogP contribution in [0.4, 0.5) is 10.1 Å². The number of aryl methyl sites for hydroxylation is 2. The number of benzene rings is 1. The van der Waals surface area contributed by atoms with Crippen LogP contribution in [0.2, 0.25) is 0 Å². The highest BCUT2D eigenvalue weighted by atomic mass is 19.1. The van der Waals surface area contributed by atoms with Crippen LogP contribution in [0, 0.1) is 19.7 Å². The summed E-state index contributed by atoms with van der Waals surface area (Å²) < 4.78 is 13.0. The molecule has 0 aliphatic carbocycles. The zero-order valence-corrected chi connectivity index (χ0v) is 9.71. The van der Waals surface area contributed by atoms with E-state index in [9.17, 15) is 9.50 Å². The molecule has 0 saturated heterocycles. The second kappa shape index (κ2) is 4.45. The van der Waals surface area contributed by atoms with E-state index in [0.717, 1.165) is 23.1 Å². The first-order valence-corrected chi connectivity index (χ1v) is 5.30. The van der Waals surface area contributed by atoms with Crippen LogP contribution in [0.15, 0.2) is 18.2 Å². The number of hydrogen-bond acceptors (Lipinski definition) is 3. The monoisotopic (exact) mass is 235 g/mol. The second-order valence-corrected chi connectivity index (χ2v) is 3.98. The SMILES string of the molecule is Cc1n[nH]c(C)c1NCc1cc(O)cc(F)c1. The maximum absolute atomic E-state index is 13.0. The molecule has 1 aromatic carbocycles. The number of nitrogens with zero attached hydrogens (tertiary/aromatic N) is 1. The van der Waals surface area contributed by atoms with Crippen molar-refractivity contribution in [2.24, 2.45) is 0 Å². The molecule has 1 heterocycles. The summed E-state index contributed by atoms with van der Waals surface area (Å²) in [7, 11) is 0. The highest BCUT2D eigenvalue weighted by Gasteiger charge is 2.06. The minimum absolute atomic E-state index is 0.0672. The van der Waals surface area contributed by atoms with Gasteiger partial charge in [-0.05, 0) is 31.5 Å². The zero-order chi connectivity index (χ0) is 12.4. The first kappa shape index (κ1) is 11.4. The Morgan fingerprint density at radius 3 is 2.71 bits per heavy atom. The number of aromatic hydroxyl groups is 1. The van der Waals surface area contributed by atoms with Crippen molar-refractivity contribution in [1.29, 1.82) is 0 Å². The fourth-order valence-corrected chi connectivity index (χ4v) is 1.74. The number of phenolic OH excluding ortho intramolecular Hbond substituents is 1. The number of anilines is 1. The van der Waals surface area contributed by atoms with Crippen LogP contribution in [-0.4, -0.2) is 15.3 Å². The number of halogens is 1. The summed E-state index contributed by atoms with van der Waals surface area (Å²) in [5.41, 5.74) is 3.39. The molecular formula is C12H14FN3O. The lowest BCUT2D eigenvalue weighted by Gasteiger charge is -2.07. The molecule has 17 heavy (non-hydrogen) atoms. The van der Waals surface area contributed by atoms with E-state index in [1.165, 1.54) is 12.1 Å². The van der Waals surface area contributed by atoms with Crippen LogP contribution >= 0.6 is 0 Å². The van der Waals surface area contributed by atoms with Gasteiger partial charge in [-0.2, -0.15) is 5.10 Å². The Hall–Kier alpha value is -2.04. The summed E-state index contributed by atoms with van der Waals surface area (Å²) in [5.74, 6) is -0.509. The third-order valence-electron chi connectivity index (χ3n) is 2.54. The topological polar surface area (TPSA) is 60.9 Å². The number of nitrogens with one attached hydrogen (secondary N) is 2. The van der Waals surface area contributed by atoms with Gasteiger partial charge in [-0.1, -0.05) is 0 Å². The van der Waals surface area contributed by atoms with Crippen molar-refractivity contribution < 1.29 is 9.50 Å². The summed E-state index contributed by atoms with van der Waals surface area (Å²) in [5, 5.41) is 19.3. The van der Waals surface area contributed by atoms with Crippen molar-refractivity contribution in [1.82, 2.24) is 10.2 Å². The number of phenols is 1. The Kier molecular flexibility index (Phi) is 2.99. The van der Waals surface area contributed by atoms with Crippen molar-refractivity contribution in [3.05, 3.63) is 41.0 Å². The standard InChI is InChI=1S/C12H14FN3O/c1-7-12(8(2)16-15-7)14-6-9-3-10(13)5-11(17)4-9/h3-5,14,17H,6H2,1-2H3,(H,15,16). The lowest BCUT2D eigenvalue weighted by Crippen LogP contribution is -2.01. The van der Waals surface area contributed by atoms with E-state index in [1.54, 1.807) is 0 Å². The highest BCUT2D eigenvalue weighted by Crippen LogP contribution is 2.19. The molecule has 0 unspecified atom stereocenters. The van der Waals surface area contributed by atoms with Gasteiger partial charge in [0.1, 0.15) is 11.6 Å². The van der Waals surface area contributed by atoms with Gasteiger partial charge >= 0.3 is 0 Å². The van der Waals surface area contributed by atoms with Gasteiger partial charge in [-0.15, -0.1) is 0 Å². The van der Waals surface area contributed by atoms with Crippen LogP contribution in [0.1, 0.15) is 17.0 Å². The molecule has 0 aliphatic rings. The van der Waals surface area contributed by atoms with E-state index in [2.05, 4.69) is 15.5 Å². The van der Waals surface area contributed by atoms with Gasteiger partial charge in [-0.25, -0.2) is 4.39 Å². The van der Waals surface area contributed by atoms with Gasteiger partial charge in [0.2, 0.25) is 0 Å². The molecule has 4 nitrogen and oxygen atoms in total. The fourth-order valence-electron chi connectivity index (χ4n) is 1.74. The van der Waals surface area contributed by atoms with Crippen molar-refractivity contribution in [3.8, 4) is 5.75 Å². The van der Waals surface area contributed by atoms with Gasteiger partial charge in [0.25, 0.3) is 0 Å². The molecular weight excluding hydrogens is 221 g/mol. The molecule has 5 heteroatoms. The summed E-state index contributed by atoms with van der Waals surface area (Å²) >= 11 is 0. The Bertz CT molecular complexity index is 497. The number of rotatable bonds is 3. The summed E-state index contributed by atoms with van der Waals surface area (Å²) in [6, 6.07) is 4.00. The molecule has 2 rings (SSSR count). The number of H-pyrrole nitrogens is 1. The number of aromatic amines is 1. The third-order valence-corrected chi connectivity index (χ3v) is 2.54. The molecule has 0 fully saturated rings. The minimum Gasteiger partial charge on any atom is -0.508 e. The van der Waals surface area contributed by atoms with Crippen LogP contribution in [0.5, 0.6) is 5.75 Å². The Labute approximate surface area is 98.5 Å². The quantitative estimate of drug-likeness (QED) is 0.766. The molecule has 0 bridgehead atoms. The maximum Gasteiger partial charge on any atom is 0.127 e. The smallest absolute Gasteiger partial charge is 0.127 e.